The van der Waals surface area contributed by atoms with Crippen molar-refractivity contribution in [1.29, 1.82) is 21.0 Å². The quantitative estimate of drug-likeness (QED) is 0.0371. The molecule has 4 aliphatic heterocycles. The molecule has 6 aliphatic rings. The maximum atomic E-state index is 12.0. The van der Waals surface area contributed by atoms with Crippen LogP contribution in [0, 0.1) is 63.1 Å². The van der Waals surface area contributed by atoms with Crippen LogP contribution in [0.2, 0.25) is 0 Å². The molecule has 6 fully saturated rings. The number of fused-ring (bicyclic) bond motifs is 4. The van der Waals surface area contributed by atoms with Crippen LogP contribution in [0.1, 0.15) is 138 Å². The molecule has 20 rings (SSSR count). The summed E-state index contributed by atoms with van der Waals surface area (Å²) in [7, 11) is -4.09. The summed E-state index contributed by atoms with van der Waals surface area (Å²) in [5, 5.41) is 57.6. The first-order chi connectivity index (χ1) is 64.7. The van der Waals surface area contributed by atoms with Gasteiger partial charge in [-0.15, -0.1) is 5.10 Å². The molecule has 14 aromatic rings. The lowest BCUT2D eigenvalue weighted by molar-refractivity contribution is -0.131. The molecule has 5 N–H and O–H groups in total. The SMILES string of the molecule is C.CCS(=O)(=O)N1CC(CC#N)(n2cc(-c3ncnc4[nH]ccc34)cn2)C1.C[C@@H]1CCN(C(=O)CC#N)CC1N(C)c1nccc2[nH]ccc12.N#CCC(C1CCCC1)n1cc(-c2ccnc3[nH]ccc23)cn1.N#CCNC(=O)c1ccc(-c2ccnc(Cc3ccc(N4CCCCC4)cc3)n2)cc1.O=C(Nc1nc2cccc(-c3ccc(CN4CCS(=O)(=O)CC4)cc3)n2n1)C1CC1. The summed E-state index contributed by atoms with van der Waals surface area (Å²) < 4.78 is 54.1. The number of nitrogens with one attached hydrogen (secondary N) is 5. The molecule has 2 saturated carbocycles. The largest absolute Gasteiger partial charge is 0.372 e. The number of amides is 3. The Morgan fingerprint density at radius 1 is 0.664 bits per heavy atom. The summed E-state index contributed by atoms with van der Waals surface area (Å²) in [6.07, 6.45) is 33.0. The highest BCUT2D eigenvalue weighted by molar-refractivity contribution is 7.91. The lowest BCUT2D eigenvalue weighted by atomic mass is 9.89. The van der Waals surface area contributed by atoms with Crippen LogP contribution in [0.3, 0.4) is 0 Å². The second-order valence-corrected chi connectivity index (χ2v) is 39.1. The average molecular weight is 1840 g/mol. The van der Waals surface area contributed by atoms with E-state index in [1.165, 1.54) is 66.8 Å². The molecule has 3 aromatic carbocycles. The third kappa shape index (κ3) is 22.3. The molecule has 134 heavy (non-hydrogen) atoms. The van der Waals surface area contributed by atoms with Crippen molar-refractivity contribution in [3.63, 3.8) is 0 Å². The van der Waals surface area contributed by atoms with Gasteiger partial charge in [0.05, 0.1) is 101 Å². The van der Waals surface area contributed by atoms with Crippen LogP contribution in [0.4, 0.5) is 17.5 Å². The van der Waals surface area contributed by atoms with Gasteiger partial charge in [-0.3, -0.25) is 34.0 Å². The smallest absolute Gasteiger partial charge is 0.252 e. The zero-order valence-corrected chi connectivity index (χ0v) is 76.1. The fourth-order valence-corrected chi connectivity index (χ4v) is 20.4. The number of carbonyl (C=O) groups excluding carboxylic acids is 3. The highest BCUT2D eigenvalue weighted by Gasteiger charge is 2.50. The number of hydrogen-bond acceptors (Lipinski definition) is 24. The summed E-state index contributed by atoms with van der Waals surface area (Å²) in [5.41, 5.74) is 14.2. The number of H-pyrrole nitrogens is 3. The second kappa shape index (κ2) is 42.9. The molecule has 690 valence electrons. The Hall–Kier alpha value is -14.4. The number of piperidine rings is 2. The van der Waals surface area contributed by atoms with E-state index in [9.17, 15) is 41.7 Å². The first-order valence-electron chi connectivity index (χ1n) is 45.1. The van der Waals surface area contributed by atoms with Crippen LogP contribution >= 0.6 is 0 Å². The molecule has 34 nitrogen and oxygen atoms in total. The van der Waals surface area contributed by atoms with E-state index in [0.29, 0.717) is 61.5 Å². The van der Waals surface area contributed by atoms with Crippen LogP contribution in [0.5, 0.6) is 0 Å². The molecule has 15 heterocycles. The molecule has 2 unspecified atom stereocenters. The number of nitrogens with zero attached hydrogens (tertiary/aromatic N) is 22. The van der Waals surface area contributed by atoms with Gasteiger partial charge < -0.3 is 35.0 Å². The van der Waals surface area contributed by atoms with Crippen molar-refractivity contribution in [3.8, 4) is 69.2 Å². The minimum absolute atomic E-state index is 0. The lowest BCUT2D eigenvalue weighted by Gasteiger charge is -2.47. The van der Waals surface area contributed by atoms with E-state index in [1.807, 2.05) is 139 Å². The molecule has 3 atom stereocenters. The Labute approximate surface area is 778 Å². The van der Waals surface area contributed by atoms with Crippen LogP contribution in [0.15, 0.2) is 196 Å². The third-order valence-electron chi connectivity index (χ3n) is 25.7. The van der Waals surface area contributed by atoms with Gasteiger partial charge in [0.25, 0.3) is 5.91 Å². The number of pyridine rings is 3. The summed E-state index contributed by atoms with van der Waals surface area (Å²) in [4.78, 5) is 85.0. The van der Waals surface area contributed by atoms with Gasteiger partial charge in [-0.05, 0) is 160 Å². The lowest BCUT2D eigenvalue weighted by Crippen LogP contribution is -2.64. The number of aromatic amines is 3. The second-order valence-electron chi connectivity index (χ2n) is 34.5. The van der Waals surface area contributed by atoms with Crippen LogP contribution in [-0.4, -0.2) is 217 Å². The van der Waals surface area contributed by atoms with Gasteiger partial charge in [-0.25, -0.2) is 51.3 Å². The first-order valence-corrected chi connectivity index (χ1v) is 48.5. The van der Waals surface area contributed by atoms with E-state index < -0.39 is 25.4 Å². The number of likely N-dealkylation sites (N-methyl/N-ethyl adjacent to an activating group) is 1. The molecule has 2 aliphatic carbocycles. The Bertz CT molecular complexity index is 6840. The van der Waals surface area contributed by atoms with E-state index in [1.54, 1.807) is 53.0 Å². The van der Waals surface area contributed by atoms with E-state index in [4.69, 9.17) is 15.5 Å². The number of rotatable bonds is 23. The monoisotopic (exact) mass is 1840 g/mol. The van der Waals surface area contributed by atoms with Crippen LogP contribution < -0.4 is 20.4 Å². The minimum Gasteiger partial charge on any atom is -0.372 e. The van der Waals surface area contributed by atoms with Gasteiger partial charge in [0.15, 0.2) is 15.5 Å². The Balaban J connectivity index is 0.000000128. The molecular formula is C98H109N27O7S2. The summed E-state index contributed by atoms with van der Waals surface area (Å²) >= 11 is 0. The molecule has 3 amide bonds. The summed E-state index contributed by atoms with van der Waals surface area (Å²) in [6.45, 7) is 9.88. The molecule has 0 radical (unpaired) electrons. The third-order valence-corrected chi connectivity index (χ3v) is 29.1. The fourth-order valence-electron chi connectivity index (χ4n) is 17.9. The number of anilines is 3. The summed E-state index contributed by atoms with van der Waals surface area (Å²) in [6, 6.07) is 50.4. The maximum Gasteiger partial charge on any atom is 0.252 e. The van der Waals surface area contributed by atoms with Gasteiger partial charge in [-0.2, -0.15) is 40.5 Å². The number of hydrogen-bond donors (Lipinski definition) is 5. The standard InChI is InChI=1S/C25H25N5O.C21H23N5O3S.C18H19N5.C17H21N5O.C16H17N7O2S.CH4/c26-13-15-28-25(31)21-8-6-20(7-9-21)23-12-14-27-24(29-23)18-19-4-10-22(11-5-19)30-16-2-1-3-17-30;27-20(17-8-9-17)23-21-22-19-3-1-2-18(26(19)24-21)16-6-4-15(5-7-16)14-25-10-12-30(28,29)13-11-25;19-8-5-17(13-3-1-2-4-13)23-12-14(11-22-23)15-6-9-20-18-16(15)7-10-21-18;1-12-6-10-22(16(23)3-7-18)11-15(12)21(2)17-13-4-8-19-14(13)5-9-20-17;1-2-26(24,25)22-9-16(10-22,4-5-17)23-8-12(7-21-23)14-13-3-6-18-15(13)20-11-19-14;/h4-12,14H,1-3,15-18H2,(H,28,31);1-7,17H,8-14H2,(H,23,24,27);6-7,9-13,17H,1-5H2,(H,20,21);4-5,8-9,12,15,19H,3,6,10-11H2,1-2H3;3,6-8,11H,2,4,9-10H2,1H3,(H,18,19,20);1H4/t;;;12-,15?;;/m...1../s1. The van der Waals surface area contributed by atoms with Crippen molar-refractivity contribution in [2.24, 2.45) is 17.8 Å². The van der Waals surface area contributed by atoms with Crippen LogP contribution in [-0.2, 0) is 48.0 Å². The molecule has 0 spiro atoms. The topological polar surface area (TPSA) is 445 Å². The van der Waals surface area contributed by atoms with E-state index in [0.717, 1.165) is 141 Å². The summed E-state index contributed by atoms with van der Waals surface area (Å²) in [5.74, 6) is 3.32. The first kappa shape index (κ1) is 94.2. The number of sulfone groups is 1. The maximum absolute atomic E-state index is 12.0. The normalized spacial score (nSPS) is 17.2. The minimum atomic E-state index is -3.27. The van der Waals surface area contributed by atoms with E-state index >= 15 is 0 Å². The number of nitriles is 4. The highest BCUT2D eigenvalue weighted by atomic mass is 32.2. The van der Waals surface area contributed by atoms with Gasteiger partial charge in [-0.1, -0.05) is 81.8 Å². The van der Waals surface area contributed by atoms with Crippen molar-refractivity contribution in [2.75, 3.05) is 98.3 Å². The predicted molar refractivity (Wildman–Crippen MR) is 513 cm³/mol. The van der Waals surface area contributed by atoms with Crippen molar-refractivity contribution < 1.29 is 31.2 Å². The zero-order valence-electron chi connectivity index (χ0n) is 74.5. The number of aromatic nitrogens is 16. The van der Waals surface area contributed by atoms with Crippen molar-refractivity contribution in [3.05, 3.63) is 218 Å². The van der Waals surface area contributed by atoms with E-state index in [2.05, 4.69) is 147 Å². The van der Waals surface area contributed by atoms with Gasteiger partial charge in [0.2, 0.25) is 27.8 Å². The number of sulfonamides is 1. The Kier molecular flexibility index (Phi) is 30.1. The fraction of sp³-hybridized carbons (Fsp3) is 0.378. The van der Waals surface area contributed by atoms with Crippen molar-refractivity contribution >= 4 is 93.7 Å². The number of likely N-dealkylation sites (tertiary alicyclic amines) is 1. The van der Waals surface area contributed by atoms with E-state index in [-0.39, 0.29) is 92.9 Å². The average Bonchev–Trinajstić information content (AvgIpc) is 1.33. The Morgan fingerprint density at radius 3 is 2.09 bits per heavy atom. The van der Waals surface area contributed by atoms with Crippen LogP contribution in [0.25, 0.3) is 83.5 Å². The van der Waals surface area contributed by atoms with Gasteiger partial charge in [0.1, 0.15) is 47.8 Å². The predicted octanol–water partition coefficient (Wildman–Crippen LogP) is 13.9. The molecule has 36 heteroatoms. The van der Waals surface area contributed by atoms with Crippen molar-refractivity contribution in [1.82, 2.24) is 98.4 Å². The molecule has 0 bridgehead atoms. The highest BCUT2D eigenvalue weighted by Crippen LogP contribution is 2.40. The Morgan fingerprint density at radius 2 is 1.37 bits per heavy atom. The molecular weight excluding hydrogens is 1730 g/mol. The number of benzene rings is 3. The van der Waals surface area contributed by atoms with Crippen molar-refractivity contribution in [2.45, 2.75) is 135 Å². The van der Waals surface area contributed by atoms with Gasteiger partial charge in [0, 0.05) is 178 Å². The molecule has 11 aromatic heterocycles. The molecule has 4 saturated heterocycles. The van der Waals surface area contributed by atoms with Gasteiger partial charge >= 0.3 is 0 Å². The number of carbonyl (C=O) groups is 3. The zero-order chi connectivity index (χ0) is 92.6.